The van der Waals surface area contributed by atoms with Gasteiger partial charge in [-0.3, -0.25) is 10.1 Å². The molecule has 2 aromatic carbocycles. The number of hydrogen-bond acceptors (Lipinski definition) is 5. The van der Waals surface area contributed by atoms with E-state index in [1.165, 1.54) is 0 Å². The summed E-state index contributed by atoms with van der Waals surface area (Å²) < 4.78 is 40.2. The van der Waals surface area contributed by atoms with Crippen LogP contribution in [0.4, 0.5) is 10.1 Å². The fourth-order valence-corrected chi connectivity index (χ4v) is 3.63. The largest absolute Gasteiger partial charge is 0.395 e. The van der Waals surface area contributed by atoms with Gasteiger partial charge in [0.05, 0.1) is 11.5 Å². The second-order valence-corrected chi connectivity index (χ2v) is 6.83. The topological polar surface area (TPSA) is 101 Å². The monoisotopic (exact) mass is 354 g/mol. The highest BCUT2D eigenvalue weighted by Crippen LogP contribution is 2.25. The number of rotatable bonds is 7. The first-order chi connectivity index (χ1) is 11.4. The molecule has 0 saturated heterocycles. The van der Waals surface area contributed by atoms with Gasteiger partial charge in [0.15, 0.2) is 0 Å². The summed E-state index contributed by atoms with van der Waals surface area (Å²) in [5, 5.41) is 19.9. The normalized spacial score (nSPS) is 11.6. The number of nitro benzene ring substituents is 1. The number of benzene rings is 2. The molecule has 0 radical (unpaired) electrons. The first-order valence-corrected chi connectivity index (χ1v) is 8.39. The third-order valence-electron chi connectivity index (χ3n) is 3.29. The maximum Gasteiger partial charge on any atom is 0.270 e. The fraction of sp³-hybridized carbons (Fsp3) is 0.200. The van der Waals surface area contributed by atoms with Crippen molar-refractivity contribution in [3.05, 3.63) is 70.0 Å². The highest BCUT2D eigenvalue weighted by molar-refractivity contribution is 7.89. The van der Waals surface area contributed by atoms with Gasteiger partial charge in [0.1, 0.15) is 10.7 Å². The molecule has 128 valence electrons. The van der Waals surface area contributed by atoms with Crippen molar-refractivity contribution in [2.75, 3.05) is 13.2 Å². The van der Waals surface area contributed by atoms with Crippen molar-refractivity contribution >= 4 is 15.7 Å². The Hall–Kier alpha value is -2.36. The minimum atomic E-state index is -4.35. The van der Waals surface area contributed by atoms with Crippen LogP contribution in [0.1, 0.15) is 5.56 Å². The maximum absolute atomic E-state index is 14.0. The van der Waals surface area contributed by atoms with E-state index in [2.05, 4.69) is 0 Å². The molecule has 0 aliphatic rings. The highest BCUT2D eigenvalue weighted by Gasteiger charge is 2.29. The number of nitrogens with zero attached hydrogens (tertiary/aromatic N) is 2. The number of sulfonamides is 1. The lowest BCUT2D eigenvalue weighted by Crippen LogP contribution is -2.33. The lowest BCUT2D eigenvalue weighted by Gasteiger charge is -2.21. The van der Waals surface area contributed by atoms with Gasteiger partial charge in [-0.25, -0.2) is 12.8 Å². The first kappa shape index (κ1) is 18.0. The van der Waals surface area contributed by atoms with E-state index in [4.69, 9.17) is 5.11 Å². The van der Waals surface area contributed by atoms with E-state index in [1.54, 1.807) is 30.3 Å². The van der Waals surface area contributed by atoms with Gasteiger partial charge in [-0.15, -0.1) is 0 Å². The lowest BCUT2D eigenvalue weighted by molar-refractivity contribution is -0.385. The van der Waals surface area contributed by atoms with E-state index in [-0.39, 0.29) is 13.1 Å². The van der Waals surface area contributed by atoms with Gasteiger partial charge in [-0.05, 0) is 11.6 Å². The Kier molecular flexibility index (Phi) is 5.60. The van der Waals surface area contributed by atoms with Crippen LogP contribution in [-0.2, 0) is 16.6 Å². The molecular formula is C15H15FN2O5S. The van der Waals surface area contributed by atoms with Crippen LogP contribution in [0.15, 0.2) is 53.4 Å². The zero-order valence-corrected chi connectivity index (χ0v) is 13.3. The Balaban J connectivity index is 2.45. The van der Waals surface area contributed by atoms with E-state index >= 15 is 0 Å². The number of aliphatic hydroxyl groups is 1. The molecule has 0 unspecified atom stereocenters. The van der Waals surface area contributed by atoms with Crippen LogP contribution < -0.4 is 0 Å². The molecule has 9 heteroatoms. The third-order valence-corrected chi connectivity index (χ3v) is 5.15. The molecule has 7 nitrogen and oxygen atoms in total. The summed E-state index contributed by atoms with van der Waals surface area (Å²) in [7, 11) is -4.35. The molecule has 0 aliphatic carbocycles. The van der Waals surface area contributed by atoms with Crippen molar-refractivity contribution in [2.45, 2.75) is 11.4 Å². The minimum absolute atomic E-state index is 0.0914. The van der Waals surface area contributed by atoms with Crippen LogP contribution in [0.25, 0.3) is 0 Å². The van der Waals surface area contributed by atoms with Crippen molar-refractivity contribution in [2.24, 2.45) is 0 Å². The summed E-state index contributed by atoms with van der Waals surface area (Å²) >= 11 is 0. The third kappa shape index (κ3) is 3.94. The quantitative estimate of drug-likeness (QED) is 0.605. The van der Waals surface area contributed by atoms with Gasteiger partial charge in [0.2, 0.25) is 10.0 Å². The SMILES string of the molecule is O=[N+]([O-])c1ccc(F)c(S(=O)(=O)N(CCO)Cc2ccccc2)c1. The molecule has 0 heterocycles. The van der Waals surface area contributed by atoms with Crippen molar-refractivity contribution < 1.29 is 22.8 Å². The Morgan fingerprint density at radius 1 is 1.17 bits per heavy atom. The molecule has 0 aromatic heterocycles. The smallest absolute Gasteiger partial charge is 0.270 e. The van der Waals surface area contributed by atoms with E-state index in [0.717, 1.165) is 16.4 Å². The van der Waals surface area contributed by atoms with Crippen LogP contribution in [-0.4, -0.2) is 35.9 Å². The van der Waals surface area contributed by atoms with Crippen LogP contribution in [0.3, 0.4) is 0 Å². The Labute approximate surface area is 138 Å². The van der Waals surface area contributed by atoms with Gasteiger partial charge in [0, 0.05) is 25.2 Å². The van der Waals surface area contributed by atoms with Crippen LogP contribution in [0.5, 0.6) is 0 Å². The highest BCUT2D eigenvalue weighted by atomic mass is 32.2. The molecule has 0 aliphatic heterocycles. The van der Waals surface area contributed by atoms with Crippen molar-refractivity contribution in [1.82, 2.24) is 4.31 Å². The Morgan fingerprint density at radius 2 is 1.83 bits per heavy atom. The standard InChI is InChI=1S/C15H15FN2O5S/c16-14-7-6-13(18(20)21)10-15(14)24(22,23)17(8-9-19)11-12-4-2-1-3-5-12/h1-7,10,19H,8-9,11H2. The fourth-order valence-electron chi connectivity index (χ4n) is 2.13. The molecule has 0 bridgehead atoms. The van der Waals surface area contributed by atoms with Gasteiger partial charge >= 0.3 is 0 Å². The maximum atomic E-state index is 14.0. The van der Waals surface area contributed by atoms with Gasteiger partial charge < -0.3 is 5.11 Å². The Morgan fingerprint density at radius 3 is 2.42 bits per heavy atom. The summed E-state index contributed by atoms with van der Waals surface area (Å²) in [6.45, 7) is -0.826. The lowest BCUT2D eigenvalue weighted by atomic mass is 10.2. The van der Waals surface area contributed by atoms with Crippen LogP contribution in [0.2, 0.25) is 0 Å². The predicted molar refractivity (Wildman–Crippen MR) is 84.2 cm³/mol. The summed E-state index contributed by atoms with van der Waals surface area (Å²) in [6, 6.07) is 10.9. The molecular weight excluding hydrogens is 339 g/mol. The molecule has 2 aromatic rings. The van der Waals surface area contributed by atoms with E-state index in [9.17, 15) is 22.9 Å². The van der Waals surface area contributed by atoms with E-state index in [0.29, 0.717) is 11.6 Å². The summed E-state index contributed by atoms with van der Waals surface area (Å²) in [6.07, 6.45) is 0. The second kappa shape index (κ2) is 7.47. The molecule has 0 atom stereocenters. The van der Waals surface area contributed by atoms with Crippen LogP contribution >= 0.6 is 0 Å². The zero-order chi connectivity index (χ0) is 17.7. The molecule has 2 rings (SSSR count). The number of nitro groups is 1. The molecule has 0 fully saturated rings. The summed E-state index contributed by atoms with van der Waals surface area (Å²) in [4.78, 5) is 9.22. The van der Waals surface area contributed by atoms with E-state index in [1.807, 2.05) is 0 Å². The number of halogens is 1. The van der Waals surface area contributed by atoms with Gasteiger partial charge in [-0.2, -0.15) is 4.31 Å². The molecule has 0 saturated carbocycles. The molecule has 0 amide bonds. The van der Waals surface area contributed by atoms with Crippen molar-refractivity contribution in [3.63, 3.8) is 0 Å². The zero-order valence-electron chi connectivity index (χ0n) is 12.5. The van der Waals surface area contributed by atoms with E-state index < -0.39 is 38.0 Å². The number of hydrogen-bond donors (Lipinski definition) is 1. The van der Waals surface area contributed by atoms with Crippen molar-refractivity contribution in [3.8, 4) is 0 Å². The molecule has 0 spiro atoms. The number of non-ortho nitro benzene ring substituents is 1. The molecule has 1 N–H and O–H groups in total. The second-order valence-electron chi connectivity index (χ2n) is 4.92. The van der Waals surface area contributed by atoms with Gasteiger partial charge in [-0.1, -0.05) is 30.3 Å². The van der Waals surface area contributed by atoms with Gasteiger partial charge in [0.25, 0.3) is 5.69 Å². The van der Waals surface area contributed by atoms with Crippen LogP contribution in [0, 0.1) is 15.9 Å². The molecule has 24 heavy (non-hydrogen) atoms. The average Bonchev–Trinajstić information content (AvgIpc) is 2.55. The first-order valence-electron chi connectivity index (χ1n) is 6.95. The predicted octanol–water partition coefficient (Wildman–Crippen LogP) is 1.92. The summed E-state index contributed by atoms with van der Waals surface area (Å²) in [5.74, 6) is -1.09. The summed E-state index contributed by atoms with van der Waals surface area (Å²) in [5.41, 5.74) is 0.110. The minimum Gasteiger partial charge on any atom is -0.395 e. The average molecular weight is 354 g/mol. The Bertz CT molecular complexity index is 827. The number of aliphatic hydroxyl groups excluding tert-OH is 1. The van der Waals surface area contributed by atoms with Crippen molar-refractivity contribution in [1.29, 1.82) is 0 Å².